The number of halogens is 1. The van der Waals surface area contributed by atoms with Crippen molar-refractivity contribution in [3.8, 4) is 0 Å². The molecule has 0 fully saturated rings. The van der Waals surface area contributed by atoms with Gasteiger partial charge in [-0.3, -0.25) is 14.9 Å². The van der Waals surface area contributed by atoms with Gasteiger partial charge in [0, 0.05) is 17.7 Å². The number of carbonyl (C=O) groups excluding carboxylic acids is 1. The lowest BCUT2D eigenvalue weighted by molar-refractivity contribution is -0.387. The Kier molecular flexibility index (Phi) is 3.66. The predicted octanol–water partition coefficient (Wildman–Crippen LogP) is 1.56. The minimum atomic E-state index is -1.32. The number of nitro benzene ring substituents is 1. The number of carboxylic acids is 1. The minimum absolute atomic E-state index is 0.161. The van der Waals surface area contributed by atoms with Crippen LogP contribution in [-0.4, -0.2) is 21.8 Å². The maximum Gasteiger partial charge on any atom is 0.328 e. The number of allylic oxidation sites excluding steroid dienone is 1. The maximum absolute atomic E-state index is 13.1. The first kappa shape index (κ1) is 12.5. The van der Waals surface area contributed by atoms with Gasteiger partial charge in [0.2, 0.25) is 5.82 Å². The highest BCUT2D eigenvalue weighted by molar-refractivity contribution is 6.06. The molecule has 0 unspecified atom stereocenters. The van der Waals surface area contributed by atoms with Crippen LogP contribution in [0, 0.1) is 15.9 Å². The normalized spacial score (nSPS) is 10.4. The van der Waals surface area contributed by atoms with Crippen LogP contribution in [0.4, 0.5) is 10.1 Å². The molecule has 1 rings (SSSR count). The molecule has 0 atom stereocenters. The highest BCUT2D eigenvalue weighted by atomic mass is 19.1. The van der Waals surface area contributed by atoms with Crippen molar-refractivity contribution < 1.29 is 24.0 Å². The molecule has 6 nitrogen and oxygen atoms in total. The second-order valence-electron chi connectivity index (χ2n) is 2.96. The number of nitro groups is 1. The van der Waals surface area contributed by atoms with Gasteiger partial charge in [-0.2, -0.15) is 4.39 Å². The topological polar surface area (TPSA) is 97.5 Å². The number of carboxylic acid groups (broad SMARTS) is 1. The van der Waals surface area contributed by atoms with Crippen molar-refractivity contribution in [2.75, 3.05) is 0 Å². The fourth-order valence-corrected chi connectivity index (χ4v) is 1.05. The number of benzene rings is 1. The van der Waals surface area contributed by atoms with Crippen molar-refractivity contribution in [3.63, 3.8) is 0 Å². The summed E-state index contributed by atoms with van der Waals surface area (Å²) >= 11 is 0. The zero-order valence-electron chi connectivity index (χ0n) is 8.29. The van der Waals surface area contributed by atoms with Crippen LogP contribution in [0.5, 0.6) is 0 Å². The Morgan fingerprint density at radius 3 is 2.47 bits per heavy atom. The molecule has 0 aliphatic heterocycles. The third-order valence-electron chi connectivity index (χ3n) is 1.81. The Morgan fingerprint density at radius 1 is 1.35 bits per heavy atom. The van der Waals surface area contributed by atoms with E-state index in [1.165, 1.54) is 0 Å². The van der Waals surface area contributed by atoms with E-state index in [0.717, 1.165) is 18.2 Å². The van der Waals surface area contributed by atoms with Gasteiger partial charge in [-0.15, -0.1) is 0 Å². The van der Waals surface area contributed by atoms with Gasteiger partial charge in [-0.05, 0) is 18.2 Å². The fourth-order valence-electron chi connectivity index (χ4n) is 1.05. The van der Waals surface area contributed by atoms with E-state index in [1.807, 2.05) is 0 Å². The second kappa shape index (κ2) is 4.97. The molecule has 0 bridgehead atoms. The minimum Gasteiger partial charge on any atom is -0.478 e. The van der Waals surface area contributed by atoms with Gasteiger partial charge in [-0.1, -0.05) is 0 Å². The Hall–Kier alpha value is -2.57. The number of rotatable bonds is 4. The molecule has 0 spiro atoms. The van der Waals surface area contributed by atoms with Gasteiger partial charge >= 0.3 is 11.7 Å². The zero-order valence-corrected chi connectivity index (χ0v) is 8.29. The first-order valence-electron chi connectivity index (χ1n) is 4.31. The van der Waals surface area contributed by atoms with Crippen molar-refractivity contribution in [2.24, 2.45) is 0 Å². The standard InChI is InChI=1S/C10H6FNO5/c11-7-5-6(1-2-8(7)12(16)17)9(13)3-4-10(14)15/h1-5H,(H,14,15). The Bertz CT molecular complexity index is 523. The van der Waals surface area contributed by atoms with Crippen molar-refractivity contribution in [2.45, 2.75) is 0 Å². The van der Waals surface area contributed by atoms with E-state index in [0.29, 0.717) is 12.1 Å². The van der Waals surface area contributed by atoms with Crippen LogP contribution in [0.15, 0.2) is 30.4 Å². The summed E-state index contributed by atoms with van der Waals surface area (Å²) < 4.78 is 13.1. The number of hydrogen-bond donors (Lipinski definition) is 1. The van der Waals surface area contributed by atoms with Gasteiger partial charge in [0.25, 0.3) is 0 Å². The van der Waals surface area contributed by atoms with Crippen LogP contribution >= 0.6 is 0 Å². The molecule has 1 aromatic rings. The first-order chi connectivity index (χ1) is 7.91. The number of ketones is 1. The Labute approximate surface area is 94.1 Å². The summed E-state index contributed by atoms with van der Waals surface area (Å²) in [6.07, 6.45) is 1.34. The van der Waals surface area contributed by atoms with Gasteiger partial charge in [0.05, 0.1) is 4.92 Å². The molecule has 0 saturated carbocycles. The molecule has 7 heteroatoms. The van der Waals surface area contributed by atoms with E-state index in [1.54, 1.807) is 0 Å². The molecule has 0 heterocycles. The smallest absolute Gasteiger partial charge is 0.328 e. The van der Waals surface area contributed by atoms with Crippen LogP contribution in [0.3, 0.4) is 0 Å². The fraction of sp³-hybridized carbons (Fsp3) is 0. The molecule has 88 valence electrons. The summed E-state index contributed by atoms with van der Waals surface area (Å²) in [5.74, 6) is -3.22. The lowest BCUT2D eigenvalue weighted by Gasteiger charge is -1.97. The SMILES string of the molecule is O=C(O)C=CC(=O)c1ccc([N+](=O)[O-])c(F)c1. The molecule has 1 N–H and O–H groups in total. The summed E-state index contributed by atoms with van der Waals surface area (Å²) in [6, 6.07) is 2.58. The molecule has 1 aromatic carbocycles. The van der Waals surface area contributed by atoms with Crippen molar-refractivity contribution in [1.29, 1.82) is 0 Å². The van der Waals surface area contributed by atoms with E-state index < -0.39 is 28.2 Å². The highest BCUT2D eigenvalue weighted by Gasteiger charge is 2.15. The van der Waals surface area contributed by atoms with Crippen molar-refractivity contribution >= 4 is 17.4 Å². The first-order valence-corrected chi connectivity index (χ1v) is 4.31. The maximum atomic E-state index is 13.1. The molecular formula is C10H6FNO5. The Morgan fingerprint density at radius 2 is 2.00 bits per heavy atom. The summed E-state index contributed by atoms with van der Waals surface area (Å²) in [5, 5.41) is 18.6. The molecule has 0 aliphatic rings. The molecule has 17 heavy (non-hydrogen) atoms. The van der Waals surface area contributed by atoms with Gasteiger partial charge in [-0.25, -0.2) is 4.79 Å². The number of hydrogen-bond acceptors (Lipinski definition) is 4. The molecule has 0 saturated heterocycles. The molecular weight excluding hydrogens is 233 g/mol. The average Bonchev–Trinajstić information content (AvgIpc) is 2.25. The summed E-state index contributed by atoms with van der Waals surface area (Å²) in [4.78, 5) is 30.8. The average molecular weight is 239 g/mol. The van der Waals surface area contributed by atoms with Crippen LogP contribution in [-0.2, 0) is 4.79 Å². The number of carbonyl (C=O) groups is 2. The van der Waals surface area contributed by atoms with E-state index in [2.05, 4.69) is 0 Å². The van der Waals surface area contributed by atoms with E-state index >= 15 is 0 Å². The largest absolute Gasteiger partial charge is 0.478 e. The summed E-state index contributed by atoms with van der Waals surface area (Å²) in [5.41, 5.74) is -0.908. The third-order valence-corrected chi connectivity index (χ3v) is 1.81. The van der Waals surface area contributed by atoms with Crippen LogP contribution in [0.2, 0.25) is 0 Å². The lowest BCUT2D eigenvalue weighted by atomic mass is 10.1. The molecule has 0 radical (unpaired) electrons. The second-order valence-corrected chi connectivity index (χ2v) is 2.96. The van der Waals surface area contributed by atoms with Crippen LogP contribution in [0.1, 0.15) is 10.4 Å². The van der Waals surface area contributed by atoms with Gasteiger partial charge in [0.15, 0.2) is 5.78 Å². The summed E-state index contributed by atoms with van der Waals surface area (Å²) in [7, 11) is 0. The van der Waals surface area contributed by atoms with Crippen LogP contribution < -0.4 is 0 Å². The lowest BCUT2D eigenvalue weighted by Crippen LogP contribution is -1.99. The molecule has 0 aromatic heterocycles. The van der Waals surface area contributed by atoms with Crippen molar-refractivity contribution in [1.82, 2.24) is 0 Å². The van der Waals surface area contributed by atoms with E-state index in [-0.39, 0.29) is 5.56 Å². The van der Waals surface area contributed by atoms with Gasteiger partial charge < -0.3 is 5.11 Å². The molecule has 0 aliphatic carbocycles. The quantitative estimate of drug-likeness (QED) is 0.372. The number of nitrogens with zero attached hydrogens (tertiary/aromatic N) is 1. The monoisotopic (exact) mass is 239 g/mol. The van der Waals surface area contributed by atoms with E-state index in [9.17, 15) is 24.1 Å². The van der Waals surface area contributed by atoms with Gasteiger partial charge in [0.1, 0.15) is 0 Å². The molecule has 0 amide bonds. The predicted molar refractivity (Wildman–Crippen MR) is 54.2 cm³/mol. The highest BCUT2D eigenvalue weighted by Crippen LogP contribution is 2.18. The van der Waals surface area contributed by atoms with Crippen molar-refractivity contribution in [3.05, 3.63) is 51.8 Å². The Balaban J connectivity index is 3.02. The van der Waals surface area contributed by atoms with E-state index in [4.69, 9.17) is 5.11 Å². The number of aliphatic carboxylic acids is 1. The van der Waals surface area contributed by atoms with Crippen LogP contribution in [0.25, 0.3) is 0 Å². The zero-order chi connectivity index (χ0) is 13.0. The third kappa shape index (κ3) is 3.20. The summed E-state index contributed by atoms with van der Waals surface area (Å²) in [6.45, 7) is 0.